The number of carbonyl (C=O) groups excluding carboxylic acids is 1. The molecule has 2 fully saturated rings. The third-order valence-corrected chi connectivity index (χ3v) is 4.86. The van der Waals surface area contributed by atoms with E-state index in [9.17, 15) is 4.79 Å². The molecule has 0 aliphatic carbocycles. The van der Waals surface area contributed by atoms with Gasteiger partial charge in [0.25, 0.3) is 5.91 Å². The molecule has 2 saturated heterocycles. The summed E-state index contributed by atoms with van der Waals surface area (Å²) in [5.74, 6) is 0.140. The van der Waals surface area contributed by atoms with Gasteiger partial charge in [0.15, 0.2) is 5.60 Å². The van der Waals surface area contributed by atoms with E-state index < -0.39 is 5.60 Å². The molecule has 0 N–H and O–H groups in total. The van der Waals surface area contributed by atoms with Crippen molar-refractivity contribution in [2.75, 3.05) is 31.1 Å². The number of hydrogen-bond donors (Lipinski definition) is 0. The molecule has 1 spiro atoms. The summed E-state index contributed by atoms with van der Waals surface area (Å²) in [7, 11) is 0. The Balaban J connectivity index is 1.88. The maximum Gasteiger partial charge on any atom is 0.260 e. The van der Waals surface area contributed by atoms with Crippen molar-refractivity contribution in [3.05, 3.63) is 30.3 Å². The molecular formula is C18H26N2O2. The number of anilines is 1. The number of benzene rings is 1. The van der Waals surface area contributed by atoms with Crippen molar-refractivity contribution in [2.24, 2.45) is 0 Å². The lowest BCUT2D eigenvalue weighted by Crippen LogP contribution is -2.61. The van der Waals surface area contributed by atoms with E-state index in [1.165, 1.54) is 0 Å². The molecule has 2 aliphatic heterocycles. The Hall–Kier alpha value is -1.39. The summed E-state index contributed by atoms with van der Waals surface area (Å²) >= 11 is 0. The van der Waals surface area contributed by atoms with Crippen LogP contribution in [0.15, 0.2) is 30.3 Å². The predicted octanol–water partition coefficient (Wildman–Crippen LogP) is 2.68. The van der Waals surface area contributed by atoms with Crippen LogP contribution < -0.4 is 4.90 Å². The molecular weight excluding hydrogens is 276 g/mol. The van der Waals surface area contributed by atoms with Crippen LogP contribution in [-0.4, -0.2) is 48.7 Å². The van der Waals surface area contributed by atoms with Gasteiger partial charge in [-0.05, 0) is 45.2 Å². The molecule has 2 aliphatic rings. The van der Waals surface area contributed by atoms with Crippen LogP contribution in [-0.2, 0) is 9.53 Å². The van der Waals surface area contributed by atoms with Gasteiger partial charge >= 0.3 is 0 Å². The largest absolute Gasteiger partial charge is 0.362 e. The maximum absolute atomic E-state index is 13.3. The fraction of sp³-hybridized carbons (Fsp3) is 0.611. The molecule has 120 valence electrons. The first kappa shape index (κ1) is 15.5. The molecule has 2 heterocycles. The van der Waals surface area contributed by atoms with E-state index in [2.05, 4.69) is 18.7 Å². The fourth-order valence-electron chi connectivity index (χ4n) is 3.52. The van der Waals surface area contributed by atoms with Gasteiger partial charge in [-0.1, -0.05) is 18.2 Å². The van der Waals surface area contributed by atoms with Gasteiger partial charge in [0.2, 0.25) is 0 Å². The zero-order valence-electron chi connectivity index (χ0n) is 13.6. The average Bonchev–Trinajstić information content (AvgIpc) is 2.69. The third kappa shape index (κ3) is 2.90. The second-order valence-corrected chi connectivity index (χ2v) is 6.66. The first-order valence-corrected chi connectivity index (χ1v) is 8.37. The van der Waals surface area contributed by atoms with Gasteiger partial charge in [0.05, 0.1) is 6.61 Å². The Morgan fingerprint density at radius 3 is 2.64 bits per heavy atom. The van der Waals surface area contributed by atoms with E-state index in [1.807, 2.05) is 35.2 Å². The summed E-state index contributed by atoms with van der Waals surface area (Å²) in [4.78, 5) is 17.6. The Morgan fingerprint density at radius 2 is 1.91 bits per heavy atom. The second-order valence-electron chi connectivity index (χ2n) is 6.66. The lowest BCUT2D eigenvalue weighted by molar-refractivity contribution is -0.159. The van der Waals surface area contributed by atoms with Crippen molar-refractivity contribution in [2.45, 2.75) is 44.8 Å². The number of nitrogens with zero attached hydrogens (tertiary/aromatic N) is 2. The van der Waals surface area contributed by atoms with Crippen LogP contribution in [0.3, 0.4) is 0 Å². The summed E-state index contributed by atoms with van der Waals surface area (Å²) < 4.78 is 6.10. The molecule has 4 heteroatoms. The van der Waals surface area contributed by atoms with E-state index >= 15 is 0 Å². The third-order valence-electron chi connectivity index (χ3n) is 4.86. The fourth-order valence-corrected chi connectivity index (χ4v) is 3.52. The standard InChI is InChI=1S/C18H26N2O2/c1-15(2)19-12-13-22-18(14-19)10-6-7-11-20(17(18)21)16-8-4-3-5-9-16/h3-5,8-9,15H,6-7,10-14H2,1-2H3. The van der Waals surface area contributed by atoms with E-state index in [0.717, 1.165) is 38.0 Å². The Bertz CT molecular complexity index is 517. The quantitative estimate of drug-likeness (QED) is 0.842. The van der Waals surface area contributed by atoms with Gasteiger partial charge in [-0.25, -0.2) is 0 Å². The van der Waals surface area contributed by atoms with E-state index in [-0.39, 0.29) is 5.91 Å². The smallest absolute Gasteiger partial charge is 0.260 e. The maximum atomic E-state index is 13.3. The first-order chi connectivity index (χ1) is 10.6. The number of amides is 1. The zero-order valence-corrected chi connectivity index (χ0v) is 13.6. The highest BCUT2D eigenvalue weighted by Gasteiger charge is 2.47. The molecule has 1 aromatic carbocycles. The lowest BCUT2D eigenvalue weighted by Gasteiger charge is -2.44. The summed E-state index contributed by atoms with van der Waals surface area (Å²) in [5, 5.41) is 0. The van der Waals surface area contributed by atoms with Gasteiger partial charge in [-0.15, -0.1) is 0 Å². The van der Waals surface area contributed by atoms with Gasteiger partial charge < -0.3 is 9.64 Å². The minimum atomic E-state index is -0.658. The van der Waals surface area contributed by atoms with E-state index in [1.54, 1.807) is 0 Å². The van der Waals surface area contributed by atoms with Crippen molar-refractivity contribution < 1.29 is 9.53 Å². The van der Waals surface area contributed by atoms with Crippen LogP contribution in [0, 0.1) is 0 Å². The molecule has 3 rings (SSSR count). The van der Waals surface area contributed by atoms with Crippen LogP contribution >= 0.6 is 0 Å². The molecule has 1 aromatic rings. The summed E-state index contributed by atoms with van der Waals surface area (Å²) in [5.41, 5.74) is 0.327. The predicted molar refractivity (Wildman–Crippen MR) is 88.0 cm³/mol. The molecule has 1 atom stereocenters. The minimum Gasteiger partial charge on any atom is -0.362 e. The highest BCUT2D eigenvalue weighted by Crippen LogP contribution is 2.32. The number of carbonyl (C=O) groups is 1. The number of para-hydroxylation sites is 1. The van der Waals surface area contributed by atoms with Gasteiger partial charge in [-0.3, -0.25) is 9.69 Å². The molecule has 0 radical (unpaired) electrons. The monoisotopic (exact) mass is 302 g/mol. The average molecular weight is 302 g/mol. The normalized spacial score (nSPS) is 27.4. The molecule has 1 amide bonds. The van der Waals surface area contributed by atoms with Crippen molar-refractivity contribution in [3.8, 4) is 0 Å². The van der Waals surface area contributed by atoms with Crippen molar-refractivity contribution >= 4 is 11.6 Å². The number of rotatable bonds is 2. The SMILES string of the molecule is CC(C)N1CCOC2(CCCCN(c3ccccc3)C2=O)C1. The minimum absolute atomic E-state index is 0.140. The van der Waals surface area contributed by atoms with Crippen molar-refractivity contribution in [1.29, 1.82) is 0 Å². The summed E-state index contributed by atoms with van der Waals surface area (Å²) in [6, 6.07) is 10.4. The van der Waals surface area contributed by atoms with E-state index in [4.69, 9.17) is 4.74 Å². The Kier molecular flexibility index (Phi) is 4.50. The molecule has 0 aromatic heterocycles. The molecule has 4 nitrogen and oxygen atoms in total. The number of hydrogen-bond acceptors (Lipinski definition) is 3. The number of morpholine rings is 1. The van der Waals surface area contributed by atoms with Gasteiger partial charge in [-0.2, -0.15) is 0 Å². The summed E-state index contributed by atoms with van der Waals surface area (Å²) in [6.07, 6.45) is 2.91. The molecule has 0 bridgehead atoms. The number of ether oxygens (including phenoxy) is 1. The van der Waals surface area contributed by atoms with Crippen molar-refractivity contribution in [3.63, 3.8) is 0 Å². The molecule has 1 unspecified atom stereocenters. The lowest BCUT2D eigenvalue weighted by atomic mass is 9.93. The van der Waals surface area contributed by atoms with E-state index in [0.29, 0.717) is 19.2 Å². The highest BCUT2D eigenvalue weighted by atomic mass is 16.5. The van der Waals surface area contributed by atoms with Crippen molar-refractivity contribution in [1.82, 2.24) is 4.90 Å². The van der Waals surface area contributed by atoms with Gasteiger partial charge in [0.1, 0.15) is 0 Å². The second kappa shape index (κ2) is 6.39. The van der Waals surface area contributed by atoms with Crippen LogP contribution in [0.25, 0.3) is 0 Å². The van der Waals surface area contributed by atoms with Crippen LogP contribution in [0.1, 0.15) is 33.1 Å². The Labute approximate surface area is 133 Å². The topological polar surface area (TPSA) is 32.8 Å². The highest BCUT2D eigenvalue weighted by molar-refractivity contribution is 6.00. The molecule has 0 saturated carbocycles. The van der Waals surface area contributed by atoms with Crippen LogP contribution in [0.2, 0.25) is 0 Å². The Morgan fingerprint density at radius 1 is 1.14 bits per heavy atom. The van der Waals surface area contributed by atoms with Crippen LogP contribution in [0.5, 0.6) is 0 Å². The molecule has 22 heavy (non-hydrogen) atoms. The summed E-state index contributed by atoms with van der Waals surface area (Å²) in [6.45, 7) is 7.44. The van der Waals surface area contributed by atoms with Gasteiger partial charge in [0, 0.05) is 31.4 Å². The zero-order chi connectivity index (χ0) is 15.6. The first-order valence-electron chi connectivity index (χ1n) is 8.37. The van der Waals surface area contributed by atoms with Crippen LogP contribution in [0.4, 0.5) is 5.69 Å².